The fourth-order valence-electron chi connectivity index (χ4n) is 2.67. The Morgan fingerprint density at radius 1 is 1.33 bits per heavy atom. The van der Waals surface area contributed by atoms with Crippen LogP contribution in [0.15, 0.2) is 17.0 Å². The van der Waals surface area contributed by atoms with Crippen LogP contribution < -0.4 is 5.73 Å². The molecule has 0 aromatic heterocycles. The van der Waals surface area contributed by atoms with E-state index in [1.54, 1.807) is 10.4 Å². The molecule has 0 saturated carbocycles. The first kappa shape index (κ1) is 16.8. The number of nitrogens with two attached hydrogens (primary N) is 1. The molecule has 0 amide bonds. The summed E-state index contributed by atoms with van der Waals surface area (Å²) in [6.45, 7) is 7.50. The lowest BCUT2D eigenvalue weighted by Crippen LogP contribution is -2.41. The first-order valence-electron chi connectivity index (χ1n) is 7.32. The average Bonchev–Trinajstić information content (AvgIpc) is 2.47. The molecule has 4 nitrogen and oxygen atoms in total. The van der Waals surface area contributed by atoms with Crippen LogP contribution in [-0.2, 0) is 16.6 Å². The van der Waals surface area contributed by atoms with Crippen molar-refractivity contribution in [2.24, 2.45) is 5.73 Å². The third-order valence-corrected chi connectivity index (χ3v) is 7.41. The van der Waals surface area contributed by atoms with Gasteiger partial charge in [-0.2, -0.15) is 16.1 Å². The first-order chi connectivity index (χ1) is 9.90. The summed E-state index contributed by atoms with van der Waals surface area (Å²) in [6.07, 6.45) is 0.998. The average molecular weight is 329 g/mol. The van der Waals surface area contributed by atoms with E-state index in [4.69, 9.17) is 5.73 Å². The number of thioether (sulfide) groups is 1. The number of nitrogens with zero attached hydrogens (tertiary/aromatic N) is 1. The van der Waals surface area contributed by atoms with E-state index >= 15 is 0 Å². The first-order valence-corrected chi connectivity index (χ1v) is 9.81. The predicted octanol–water partition coefficient (Wildman–Crippen LogP) is 2.28. The highest BCUT2D eigenvalue weighted by atomic mass is 32.2. The van der Waals surface area contributed by atoms with E-state index in [2.05, 4.69) is 6.92 Å². The minimum atomic E-state index is -3.42. The Morgan fingerprint density at radius 3 is 2.67 bits per heavy atom. The Morgan fingerprint density at radius 2 is 2.05 bits per heavy atom. The molecule has 1 unspecified atom stereocenters. The molecule has 2 rings (SSSR count). The van der Waals surface area contributed by atoms with E-state index < -0.39 is 10.0 Å². The van der Waals surface area contributed by atoms with Crippen LogP contribution in [0.3, 0.4) is 0 Å². The van der Waals surface area contributed by atoms with Crippen molar-refractivity contribution < 1.29 is 8.42 Å². The van der Waals surface area contributed by atoms with Crippen LogP contribution >= 0.6 is 11.8 Å². The Balaban J connectivity index is 2.39. The Bertz CT molecular complexity index is 614. The summed E-state index contributed by atoms with van der Waals surface area (Å²) >= 11 is 1.87. The van der Waals surface area contributed by atoms with Crippen molar-refractivity contribution >= 4 is 21.8 Å². The maximum Gasteiger partial charge on any atom is 0.243 e. The quantitative estimate of drug-likeness (QED) is 0.921. The summed E-state index contributed by atoms with van der Waals surface area (Å²) in [6, 6.07) is 3.67. The van der Waals surface area contributed by atoms with Crippen molar-refractivity contribution in [1.82, 2.24) is 4.31 Å². The van der Waals surface area contributed by atoms with Gasteiger partial charge < -0.3 is 5.73 Å². The second-order valence-corrected chi connectivity index (χ2v) is 8.83. The number of sulfonamides is 1. The number of rotatable bonds is 4. The van der Waals surface area contributed by atoms with Crippen LogP contribution in [0.5, 0.6) is 0 Å². The molecule has 1 atom stereocenters. The van der Waals surface area contributed by atoms with Crippen LogP contribution in [0.4, 0.5) is 0 Å². The van der Waals surface area contributed by atoms with Gasteiger partial charge in [-0.25, -0.2) is 8.42 Å². The van der Waals surface area contributed by atoms with E-state index in [9.17, 15) is 8.42 Å². The van der Waals surface area contributed by atoms with Crippen molar-refractivity contribution in [3.8, 4) is 0 Å². The van der Waals surface area contributed by atoms with Crippen molar-refractivity contribution in [1.29, 1.82) is 0 Å². The van der Waals surface area contributed by atoms with Crippen LogP contribution in [0.2, 0.25) is 0 Å². The molecule has 118 valence electrons. The van der Waals surface area contributed by atoms with Crippen molar-refractivity contribution in [2.75, 3.05) is 18.8 Å². The zero-order valence-corrected chi connectivity index (χ0v) is 14.6. The fraction of sp³-hybridized carbons (Fsp3) is 0.600. The van der Waals surface area contributed by atoms with Crippen LogP contribution in [0, 0.1) is 13.8 Å². The summed E-state index contributed by atoms with van der Waals surface area (Å²) in [5.41, 5.74) is 8.48. The summed E-state index contributed by atoms with van der Waals surface area (Å²) in [7, 11) is -3.42. The van der Waals surface area contributed by atoms with E-state index in [-0.39, 0.29) is 0 Å². The monoisotopic (exact) mass is 328 g/mol. The molecule has 1 aromatic rings. The molecular formula is C15H24N2O2S2. The normalized spacial score (nSPS) is 20.7. The fourth-order valence-corrected chi connectivity index (χ4v) is 5.80. The van der Waals surface area contributed by atoms with Gasteiger partial charge in [-0.3, -0.25) is 0 Å². The van der Waals surface area contributed by atoms with Crippen molar-refractivity contribution in [3.63, 3.8) is 0 Å². The molecule has 1 fully saturated rings. The van der Waals surface area contributed by atoms with Gasteiger partial charge in [0.05, 0.1) is 4.90 Å². The van der Waals surface area contributed by atoms with Crippen LogP contribution in [0.1, 0.15) is 30.0 Å². The molecule has 0 spiro atoms. The molecule has 1 aliphatic heterocycles. The third-order valence-electron chi connectivity index (χ3n) is 4.03. The second-order valence-electron chi connectivity index (χ2n) is 5.51. The molecule has 0 aliphatic carbocycles. The summed E-state index contributed by atoms with van der Waals surface area (Å²) in [5.74, 6) is 0.867. The molecule has 21 heavy (non-hydrogen) atoms. The molecule has 1 saturated heterocycles. The molecule has 1 heterocycles. The molecule has 6 heteroatoms. The van der Waals surface area contributed by atoms with Gasteiger partial charge in [0.1, 0.15) is 0 Å². The number of benzene rings is 1. The molecule has 1 aliphatic rings. The number of hydrogen-bond acceptors (Lipinski definition) is 4. The Kier molecular flexibility index (Phi) is 5.35. The minimum Gasteiger partial charge on any atom is -0.326 e. The van der Waals surface area contributed by atoms with E-state index in [1.165, 1.54) is 0 Å². The van der Waals surface area contributed by atoms with Gasteiger partial charge in [0.15, 0.2) is 0 Å². The number of hydrogen-bond donors (Lipinski definition) is 1. The zero-order chi connectivity index (χ0) is 15.6. The molecule has 1 aromatic carbocycles. The SMILES string of the molecule is CCC1CN(S(=O)(=O)c2cc(CN)c(C)cc2C)CCS1. The highest BCUT2D eigenvalue weighted by Gasteiger charge is 2.31. The lowest BCUT2D eigenvalue weighted by molar-refractivity contribution is 0.415. The van der Waals surface area contributed by atoms with Gasteiger partial charge in [-0.15, -0.1) is 0 Å². The molecule has 0 bridgehead atoms. The van der Waals surface area contributed by atoms with Gasteiger partial charge in [-0.1, -0.05) is 13.0 Å². The Hall–Kier alpha value is -0.560. The lowest BCUT2D eigenvalue weighted by atomic mass is 10.1. The molecule has 2 N–H and O–H groups in total. The van der Waals surface area contributed by atoms with Crippen molar-refractivity contribution in [2.45, 2.75) is 43.9 Å². The van der Waals surface area contributed by atoms with Gasteiger partial charge in [0.25, 0.3) is 0 Å². The maximum absolute atomic E-state index is 12.9. The molecular weight excluding hydrogens is 304 g/mol. The highest BCUT2D eigenvalue weighted by Crippen LogP contribution is 2.28. The highest BCUT2D eigenvalue weighted by molar-refractivity contribution is 8.00. The van der Waals surface area contributed by atoms with Gasteiger partial charge in [0.2, 0.25) is 10.0 Å². The summed E-state index contributed by atoms with van der Waals surface area (Å²) in [4.78, 5) is 0.412. The standard InChI is InChI=1S/C15H24N2O2S2/c1-4-14-10-17(5-6-20-14)21(18,19)15-8-13(9-16)11(2)7-12(15)3/h7-8,14H,4-6,9-10,16H2,1-3H3. The van der Waals surface area contributed by atoms with E-state index in [0.717, 1.165) is 28.9 Å². The second kappa shape index (κ2) is 6.69. The smallest absolute Gasteiger partial charge is 0.243 e. The zero-order valence-electron chi connectivity index (χ0n) is 12.9. The van der Waals surface area contributed by atoms with Gasteiger partial charge in [-0.05, 0) is 43.0 Å². The lowest BCUT2D eigenvalue weighted by Gasteiger charge is -2.31. The van der Waals surface area contributed by atoms with E-state index in [0.29, 0.717) is 29.8 Å². The Labute approximate surface area is 132 Å². The van der Waals surface area contributed by atoms with E-state index in [1.807, 2.05) is 31.7 Å². The summed E-state index contributed by atoms with van der Waals surface area (Å²) in [5, 5.41) is 0.397. The predicted molar refractivity (Wildman–Crippen MR) is 89.1 cm³/mol. The van der Waals surface area contributed by atoms with Gasteiger partial charge in [0, 0.05) is 30.6 Å². The van der Waals surface area contributed by atoms with Crippen LogP contribution in [0.25, 0.3) is 0 Å². The molecule has 0 radical (unpaired) electrons. The third kappa shape index (κ3) is 3.44. The minimum absolute atomic E-state index is 0.363. The summed E-state index contributed by atoms with van der Waals surface area (Å²) < 4.78 is 27.5. The number of aryl methyl sites for hydroxylation is 2. The van der Waals surface area contributed by atoms with Crippen LogP contribution in [-0.4, -0.2) is 36.8 Å². The largest absolute Gasteiger partial charge is 0.326 e. The van der Waals surface area contributed by atoms with Crippen molar-refractivity contribution in [3.05, 3.63) is 28.8 Å². The maximum atomic E-state index is 12.9. The topological polar surface area (TPSA) is 63.4 Å². The van der Waals surface area contributed by atoms with Gasteiger partial charge >= 0.3 is 0 Å².